The van der Waals surface area contributed by atoms with Crippen LogP contribution in [-0.4, -0.2) is 18.0 Å². The van der Waals surface area contributed by atoms with Gasteiger partial charge in [0.1, 0.15) is 0 Å². The van der Waals surface area contributed by atoms with Crippen LogP contribution in [-0.2, 0) is 4.79 Å². The molecule has 0 bridgehead atoms. The summed E-state index contributed by atoms with van der Waals surface area (Å²) in [5, 5.41) is 2.45. The van der Waals surface area contributed by atoms with Crippen LogP contribution < -0.4 is 10.1 Å². The Kier molecular flexibility index (Phi) is 5.77. The Hall–Kier alpha value is -2.15. The van der Waals surface area contributed by atoms with Crippen molar-refractivity contribution in [3.05, 3.63) is 53.6 Å². The zero-order chi connectivity index (χ0) is 17.7. The van der Waals surface area contributed by atoms with Crippen molar-refractivity contribution in [2.24, 2.45) is 0 Å². The van der Waals surface area contributed by atoms with Crippen molar-refractivity contribution in [2.75, 3.05) is 11.1 Å². The molecule has 0 aliphatic heterocycles. The van der Waals surface area contributed by atoms with E-state index in [1.807, 2.05) is 32.0 Å². The van der Waals surface area contributed by atoms with Gasteiger partial charge in [0.05, 0.1) is 11.4 Å². The molecule has 0 saturated carbocycles. The van der Waals surface area contributed by atoms with E-state index in [9.17, 15) is 18.0 Å². The molecule has 3 nitrogen and oxygen atoms in total. The predicted molar refractivity (Wildman–Crippen MR) is 88.4 cm³/mol. The molecule has 7 heteroatoms. The summed E-state index contributed by atoms with van der Waals surface area (Å²) in [4.78, 5) is 13.0. The van der Waals surface area contributed by atoms with Crippen molar-refractivity contribution in [3.63, 3.8) is 0 Å². The molecule has 2 aromatic carbocycles. The topological polar surface area (TPSA) is 38.3 Å². The molecule has 0 aliphatic rings. The molecule has 2 aromatic rings. The number of ether oxygens (including phenoxy) is 1. The van der Waals surface area contributed by atoms with Crippen LogP contribution >= 0.6 is 11.8 Å². The number of anilines is 1. The van der Waals surface area contributed by atoms with Crippen molar-refractivity contribution in [2.45, 2.75) is 25.1 Å². The van der Waals surface area contributed by atoms with Crippen LogP contribution in [0.1, 0.15) is 11.1 Å². The minimum atomic E-state index is -4.81. The fourth-order valence-electron chi connectivity index (χ4n) is 1.98. The van der Waals surface area contributed by atoms with Gasteiger partial charge in [-0.2, -0.15) is 0 Å². The minimum Gasteiger partial charge on any atom is -0.404 e. The molecule has 1 amide bonds. The fourth-order valence-corrected chi connectivity index (χ4v) is 2.90. The van der Waals surface area contributed by atoms with Gasteiger partial charge < -0.3 is 10.1 Å². The lowest BCUT2D eigenvalue weighted by molar-refractivity contribution is -0.274. The Morgan fingerprint density at radius 3 is 2.58 bits per heavy atom. The molecule has 0 radical (unpaired) electrons. The van der Waals surface area contributed by atoms with Crippen LogP contribution in [0.2, 0.25) is 0 Å². The molecule has 24 heavy (non-hydrogen) atoms. The van der Waals surface area contributed by atoms with E-state index < -0.39 is 18.0 Å². The molecular formula is C17H16F3NO2S. The molecule has 128 valence electrons. The van der Waals surface area contributed by atoms with Gasteiger partial charge in [-0.1, -0.05) is 29.8 Å². The summed E-state index contributed by atoms with van der Waals surface area (Å²) in [6, 6.07) is 11.3. The highest BCUT2D eigenvalue weighted by Crippen LogP contribution is 2.30. The highest BCUT2D eigenvalue weighted by molar-refractivity contribution is 8.00. The Balaban J connectivity index is 2.01. The molecule has 0 atom stereocenters. The first kappa shape index (κ1) is 18.2. The van der Waals surface area contributed by atoms with Gasteiger partial charge in [0, 0.05) is 4.90 Å². The standard InChI is InChI=1S/C17H16F3NO2S/c1-11-7-8-12(2)15(9-11)24-10-16(22)21-13-5-3-4-6-14(13)23-17(18,19)20/h3-9H,10H2,1-2H3,(H,21,22). The first-order valence-electron chi connectivity index (χ1n) is 7.09. The van der Waals surface area contributed by atoms with Crippen molar-refractivity contribution in [1.29, 1.82) is 0 Å². The molecule has 0 fully saturated rings. The second kappa shape index (κ2) is 7.61. The van der Waals surface area contributed by atoms with Crippen molar-refractivity contribution < 1.29 is 22.7 Å². The number of carbonyl (C=O) groups excluding carboxylic acids is 1. The predicted octanol–water partition coefficient (Wildman–Crippen LogP) is 4.93. The molecule has 1 N–H and O–H groups in total. The Morgan fingerprint density at radius 1 is 1.17 bits per heavy atom. The van der Waals surface area contributed by atoms with E-state index in [-0.39, 0.29) is 11.4 Å². The summed E-state index contributed by atoms with van der Waals surface area (Å²) in [7, 11) is 0. The smallest absolute Gasteiger partial charge is 0.404 e. The summed E-state index contributed by atoms with van der Waals surface area (Å²) in [6.07, 6.45) is -4.81. The van der Waals surface area contributed by atoms with E-state index in [4.69, 9.17) is 0 Å². The van der Waals surface area contributed by atoms with Gasteiger partial charge in [0.2, 0.25) is 5.91 Å². The molecule has 0 heterocycles. The van der Waals surface area contributed by atoms with Gasteiger partial charge >= 0.3 is 6.36 Å². The fraction of sp³-hybridized carbons (Fsp3) is 0.235. The number of aryl methyl sites for hydroxylation is 2. The van der Waals surface area contributed by atoms with Crippen LogP contribution in [0.3, 0.4) is 0 Å². The van der Waals surface area contributed by atoms with E-state index in [0.717, 1.165) is 22.1 Å². The first-order valence-corrected chi connectivity index (χ1v) is 8.08. The third-order valence-corrected chi connectivity index (χ3v) is 4.25. The molecule has 0 aromatic heterocycles. The monoisotopic (exact) mass is 355 g/mol. The highest BCUT2D eigenvalue weighted by atomic mass is 32.2. The Bertz CT molecular complexity index is 732. The number of halogens is 3. The summed E-state index contributed by atoms with van der Waals surface area (Å²) in [5.74, 6) is -0.751. The van der Waals surface area contributed by atoms with Gasteiger partial charge in [0.25, 0.3) is 0 Å². The number of amides is 1. The van der Waals surface area contributed by atoms with Crippen LogP contribution in [0, 0.1) is 13.8 Å². The van der Waals surface area contributed by atoms with Gasteiger partial charge in [-0.3, -0.25) is 4.79 Å². The first-order chi connectivity index (χ1) is 11.2. The van der Waals surface area contributed by atoms with Crippen molar-refractivity contribution >= 4 is 23.4 Å². The van der Waals surface area contributed by atoms with Crippen LogP contribution in [0.5, 0.6) is 5.75 Å². The number of carbonyl (C=O) groups is 1. The number of thioether (sulfide) groups is 1. The number of rotatable bonds is 5. The lowest BCUT2D eigenvalue weighted by Gasteiger charge is -2.14. The quantitative estimate of drug-likeness (QED) is 0.773. The SMILES string of the molecule is Cc1ccc(C)c(SCC(=O)Nc2ccccc2OC(F)(F)F)c1. The maximum absolute atomic E-state index is 12.4. The summed E-state index contributed by atoms with van der Waals surface area (Å²) >= 11 is 1.33. The molecule has 0 unspecified atom stereocenters. The Morgan fingerprint density at radius 2 is 1.88 bits per heavy atom. The number of benzene rings is 2. The van der Waals surface area contributed by atoms with E-state index in [1.165, 1.54) is 30.0 Å². The molecule has 2 rings (SSSR count). The lowest BCUT2D eigenvalue weighted by atomic mass is 10.2. The number of alkyl halides is 3. The third kappa shape index (κ3) is 5.49. The molecule has 0 spiro atoms. The van der Waals surface area contributed by atoms with E-state index >= 15 is 0 Å². The van der Waals surface area contributed by atoms with Crippen LogP contribution in [0.4, 0.5) is 18.9 Å². The minimum absolute atomic E-state index is 0.0126. The molecule has 0 aliphatic carbocycles. The summed E-state index contributed by atoms with van der Waals surface area (Å²) in [6.45, 7) is 3.89. The molecular weight excluding hydrogens is 339 g/mol. The number of hydrogen-bond donors (Lipinski definition) is 1. The normalized spacial score (nSPS) is 11.2. The zero-order valence-corrected chi connectivity index (χ0v) is 13.9. The average Bonchev–Trinajstić information content (AvgIpc) is 2.49. The zero-order valence-electron chi connectivity index (χ0n) is 13.1. The Labute approximate surface area is 142 Å². The van der Waals surface area contributed by atoms with Crippen LogP contribution in [0.15, 0.2) is 47.4 Å². The van der Waals surface area contributed by atoms with Gasteiger partial charge in [-0.05, 0) is 37.6 Å². The van der Waals surface area contributed by atoms with E-state index in [0.29, 0.717) is 0 Å². The summed E-state index contributed by atoms with van der Waals surface area (Å²) < 4.78 is 41.0. The number of hydrogen-bond acceptors (Lipinski definition) is 3. The summed E-state index contributed by atoms with van der Waals surface area (Å²) in [5.41, 5.74) is 2.10. The second-order valence-corrected chi connectivity index (χ2v) is 6.17. The van der Waals surface area contributed by atoms with Gasteiger partial charge in [-0.15, -0.1) is 24.9 Å². The maximum Gasteiger partial charge on any atom is 0.573 e. The number of nitrogens with one attached hydrogen (secondary N) is 1. The van der Waals surface area contributed by atoms with E-state index in [1.54, 1.807) is 0 Å². The van der Waals surface area contributed by atoms with Gasteiger partial charge in [0.15, 0.2) is 5.75 Å². The van der Waals surface area contributed by atoms with Crippen molar-refractivity contribution in [3.8, 4) is 5.75 Å². The largest absolute Gasteiger partial charge is 0.573 e. The van der Waals surface area contributed by atoms with E-state index in [2.05, 4.69) is 10.1 Å². The average molecular weight is 355 g/mol. The maximum atomic E-state index is 12.4. The number of para-hydroxylation sites is 2. The second-order valence-electron chi connectivity index (χ2n) is 5.15. The van der Waals surface area contributed by atoms with Crippen molar-refractivity contribution in [1.82, 2.24) is 0 Å². The van der Waals surface area contributed by atoms with Gasteiger partial charge in [-0.25, -0.2) is 0 Å². The third-order valence-electron chi connectivity index (χ3n) is 3.09. The lowest BCUT2D eigenvalue weighted by Crippen LogP contribution is -2.20. The highest BCUT2D eigenvalue weighted by Gasteiger charge is 2.32. The molecule has 0 saturated heterocycles. The van der Waals surface area contributed by atoms with Crippen LogP contribution in [0.25, 0.3) is 0 Å².